The molecule has 0 saturated carbocycles. The summed E-state index contributed by atoms with van der Waals surface area (Å²) in [7, 11) is 0. The lowest BCUT2D eigenvalue weighted by Crippen LogP contribution is -2.01. The molecule has 0 fully saturated rings. The second-order valence-corrected chi connectivity index (χ2v) is 6.31. The molecule has 0 aliphatic carbocycles. The lowest BCUT2D eigenvalue weighted by molar-refractivity contribution is 0.220. The van der Waals surface area contributed by atoms with Crippen molar-refractivity contribution in [3.8, 4) is 5.75 Å². The highest BCUT2D eigenvalue weighted by molar-refractivity contribution is 9.10. The Morgan fingerprint density at radius 1 is 1.10 bits per heavy atom. The van der Waals surface area contributed by atoms with Crippen molar-refractivity contribution in [2.75, 3.05) is 6.61 Å². The molecule has 106 valence electrons. The van der Waals surface area contributed by atoms with Gasteiger partial charge in [-0.2, -0.15) is 0 Å². The molecule has 1 N–H and O–H groups in total. The van der Waals surface area contributed by atoms with Gasteiger partial charge in [-0.25, -0.2) is 0 Å². The monoisotopic (exact) mass is 418 g/mol. The third kappa shape index (κ3) is 3.55. The fourth-order valence-electron chi connectivity index (χ4n) is 1.83. The zero-order valence-corrected chi connectivity index (χ0v) is 14.7. The first-order valence-corrected chi connectivity index (χ1v) is 8.04. The summed E-state index contributed by atoms with van der Waals surface area (Å²) in [5, 5.41) is 11.0. The third-order valence-corrected chi connectivity index (χ3v) is 4.66. The van der Waals surface area contributed by atoms with Crippen molar-refractivity contribution in [2.45, 2.75) is 13.0 Å². The Kier molecular flexibility index (Phi) is 5.49. The van der Waals surface area contributed by atoms with Gasteiger partial charge in [-0.05, 0) is 74.2 Å². The van der Waals surface area contributed by atoms with Gasteiger partial charge in [-0.1, -0.05) is 23.7 Å². The molecule has 0 aliphatic rings. The molecular weight excluding hydrogens is 407 g/mol. The van der Waals surface area contributed by atoms with Crippen LogP contribution in [0.15, 0.2) is 45.3 Å². The number of hydrogen-bond donors (Lipinski definition) is 1. The van der Waals surface area contributed by atoms with E-state index in [4.69, 9.17) is 16.3 Å². The summed E-state index contributed by atoms with van der Waals surface area (Å²) in [6, 6.07) is 10.9. The molecule has 0 bridgehead atoms. The van der Waals surface area contributed by atoms with Crippen LogP contribution in [0.3, 0.4) is 0 Å². The van der Waals surface area contributed by atoms with Crippen LogP contribution < -0.4 is 4.74 Å². The largest absolute Gasteiger partial charge is 0.493 e. The van der Waals surface area contributed by atoms with Crippen LogP contribution in [0.1, 0.15) is 24.2 Å². The maximum Gasteiger partial charge on any atom is 0.133 e. The lowest BCUT2D eigenvalue weighted by atomic mass is 10.0. The number of rotatable bonds is 4. The number of aliphatic hydroxyl groups is 1. The highest BCUT2D eigenvalue weighted by atomic mass is 79.9. The first-order chi connectivity index (χ1) is 9.52. The number of benzene rings is 2. The van der Waals surface area contributed by atoms with Crippen molar-refractivity contribution in [2.24, 2.45) is 0 Å². The fraction of sp³-hybridized carbons (Fsp3) is 0.200. The zero-order chi connectivity index (χ0) is 14.7. The summed E-state index contributed by atoms with van der Waals surface area (Å²) in [6.45, 7) is 2.53. The molecule has 0 radical (unpaired) electrons. The summed E-state index contributed by atoms with van der Waals surface area (Å²) in [5.74, 6) is 0.765. The smallest absolute Gasteiger partial charge is 0.133 e. The summed E-state index contributed by atoms with van der Waals surface area (Å²) >= 11 is 12.8. The minimum atomic E-state index is -0.712. The predicted octanol–water partition coefficient (Wildman–Crippen LogP) is 5.35. The molecule has 2 nitrogen and oxygen atoms in total. The zero-order valence-electron chi connectivity index (χ0n) is 10.7. The molecule has 0 heterocycles. The van der Waals surface area contributed by atoms with Crippen LogP contribution in [0, 0.1) is 0 Å². The van der Waals surface area contributed by atoms with E-state index < -0.39 is 6.10 Å². The van der Waals surface area contributed by atoms with E-state index in [0.717, 1.165) is 25.8 Å². The Balaban J connectivity index is 2.30. The Bertz CT molecular complexity index is 617. The normalized spacial score (nSPS) is 12.2. The van der Waals surface area contributed by atoms with Crippen molar-refractivity contribution in [3.63, 3.8) is 0 Å². The van der Waals surface area contributed by atoms with Gasteiger partial charge < -0.3 is 9.84 Å². The molecule has 2 rings (SSSR count). The molecule has 0 aliphatic heterocycles. The number of aliphatic hydroxyl groups excluding tert-OH is 1. The average Bonchev–Trinajstić information content (AvgIpc) is 2.43. The van der Waals surface area contributed by atoms with Gasteiger partial charge in [0.15, 0.2) is 0 Å². The van der Waals surface area contributed by atoms with E-state index in [1.807, 2.05) is 37.3 Å². The van der Waals surface area contributed by atoms with Gasteiger partial charge >= 0.3 is 0 Å². The van der Waals surface area contributed by atoms with E-state index in [9.17, 15) is 5.11 Å². The van der Waals surface area contributed by atoms with Gasteiger partial charge in [0, 0.05) is 4.47 Å². The molecule has 5 heteroatoms. The first-order valence-electron chi connectivity index (χ1n) is 6.08. The highest BCUT2D eigenvalue weighted by Gasteiger charge is 2.13. The van der Waals surface area contributed by atoms with Crippen molar-refractivity contribution >= 4 is 43.5 Å². The minimum absolute atomic E-state index is 0.602. The molecule has 0 saturated heterocycles. The predicted molar refractivity (Wildman–Crippen MR) is 88.5 cm³/mol. The number of hydrogen-bond acceptors (Lipinski definition) is 2. The topological polar surface area (TPSA) is 29.5 Å². The Morgan fingerprint density at radius 2 is 1.70 bits per heavy atom. The SMILES string of the molecule is CCOc1ccc(C(O)c2ccc(Cl)c(Br)c2)cc1Br. The van der Waals surface area contributed by atoms with E-state index in [1.54, 1.807) is 6.07 Å². The lowest BCUT2D eigenvalue weighted by Gasteiger charge is -2.14. The Hall–Kier alpha value is -0.550. The second-order valence-electron chi connectivity index (χ2n) is 4.20. The molecule has 0 aromatic heterocycles. The van der Waals surface area contributed by atoms with Crippen molar-refractivity contribution in [1.29, 1.82) is 0 Å². The van der Waals surface area contributed by atoms with E-state index >= 15 is 0 Å². The van der Waals surface area contributed by atoms with Crippen LogP contribution >= 0.6 is 43.5 Å². The Labute approximate surface area is 140 Å². The Morgan fingerprint density at radius 3 is 2.25 bits per heavy atom. The molecule has 1 unspecified atom stereocenters. The van der Waals surface area contributed by atoms with Crippen molar-refractivity contribution in [3.05, 3.63) is 61.5 Å². The first kappa shape index (κ1) is 15.8. The second kappa shape index (κ2) is 6.94. The molecule has 0 amide bonds. The van der Waals surface area contributed by atoms with Gasteiger partial charge in [0.1, 0.15) is 11.9 Å². The number of halogens is 3. The summed E-state index contributed by atoms with van der Waals surface area (Å²) in [6.07, 6.45) is -0.712. The van der Waals surface area contributed by atoms with Crippen LogP contribution in [0.2, 0.25) is 5.02 Å². The van der Waals surface area contributed by atoms with E-state index in [-0.39, 0.29) is 0 Å². The van der Waals surface area contributed by atoms with Crippen LogP contribution in [-0.2, 0) is 0 Å². The van der Waals surface area contributed by atoms with Crippen LogP contribution in [0.25, 0.3) is 0 Å². The molecule has 2 aromatic carbocycles. The van der Waals surface area contributed by atoms with E-state index in [1.165, 1.54) is 0 Å². The van der Waals surface area contributed by atoms with Crippen LogP contribution in [0.5, 0.6) is 5.75 Å². The molecule has 20 heavy (non-hydrogen) atoms. The maximum atomic E-state index is 10.4. The van der Waals surface area contributed by atoms with Crippen molar-refractivity contribution < 1.29 is 9.84 Å². The quantitative estimate of drug-likeness (QED) is 0.723. The van der Waals surface area contributed by atoms with Crippen molar-refractivity contribution in [1.82, 2.24) is 0 Å². The third-order valence-electron chi connectivity index (χ3n) is 2.83. The van der Waals surface area contributed by atoms with Gasteiger partial charge in [0.2, 0.25) is 0 Å². The highest BCUT2D eigenvalue weighted by Crippen LogP contribution is 2.33. The average molecular weight is 421 g/mol. The molecule has 1 atom stereocenters. The van der Waals surface area contributed by atoms with E-state index in [2.05, 4.69) is 31.9 Å². The van der Waals surface area contributed by atoms with Gasteiger partial charge in [-0.3, -0.25) is 0 Å². The van der Waals surface area contributed by atoms with E-state index in [0.29, 0.717) is 11.6 Å². The number of ether oxygens (including phenoxy) is 1. The van der Waals surface area contributed by atoms with Gasteiger partial charge in [0.25, 0.3) is 0 Å². The molecular formula is C15H13Br2ClO2. The van der Waals surface area contributed by atoms with Crippen LogP contribution in [-0.4, -0.2) is 11.7 Å². The molecule has 2 aromatic rings. The van der Waals surface area contributed by atoms with Crippen LogP contribution in [0.4, 0.5) is 0 Å². The fourth-order valence-corrected chi connectivity index (χ4v) is 2.86. The van der Waals surface area contributed by atoms with Gasteiger partial charge in [-0.15, -0.1) is 0 Å². The summed E-state index contributed by atoms with van der Waals surface area (Å²) in [5.41, 5.74) is 1.56. The summed E-state index contributed by atoms with van der Waals surface area (Å²) < 4.78 is 7.05. The minimum Gasteiger partial charge on any atom is -0.493 e. The standard InChI is InChI=1S/C15H13Br2ClO2/c1-2-20-14-6-4-10(8-12(14)17)15(19)9-3-5-13(18)11(16)7-9/h3-8,15,19H,2H2,1H3. The van der Waals surface area contributed by atoms with Gasteiger partial charge in [0.05, 0.1) is 16.1 Å². The molecule has 0 spiro atoms. The maximum absolute atomic E-state index is 10.4. The summed E-state index contributed by atoms with van der Waals surface area (Å²) in [4.78, 5) is 0.